The van der Waals surface area contributed by atoms with Gasteiger partial charge in [0.15, 0.2) is 0 Å². The molecule has 0 amide bonds. The second-order valence-electron chi connectivity index (χ2n) is 9.16. The molecule has 0 aromatic heterocycles. The maximum absolute atomic E-state index is 11.4. The largest absolute Gasteiger partial charge is 0.496 e. The maximum Gasteiger partial charge on any atom is 0.335 e. The molecule has 1 aliphatic carbocycles. The van der Waals surface area contributed by atoms with Crippen molar-refractivity contribution in [3.63, 3.8) is 0 Å². The molecule has 2 aromatic carbocycles. The van der Waals surface area contributed by atoms with Crippen molar-refractivity contribution in [2.75, 3.05) is 7.11 Å². The van der Waals surface area contributed by atoms with Gasteiger partial charge in [-0.2, -0.15) is 0 Å². The van der Waals surface area contributed by atoms with Crippen LogP contribution >= 0.6 is 0 Å². The first kappa shape index (κ1) is 20.2. The average Bonchev–Trinajstić information content (AvgIpc) is 2.64. The minimum atomic E-state index is -1.00. The summed E-state index contributed by atoms with van der Waals surface area (Å²) in [6, 6.07) is 9.93. The Morgan fingerprint density at radius 1 is 1.11 bits per heavy atom. The number of hydrogen-bond donors (Lipinski definition) is 1. The molecule has 0 saturated heterocycles. The number of carboxylic acids is 1. The maximum atomic E-state index is 11.4. The first-order chi connectivity index (χ1) is 13.0. The third-order valence-electron chi connectivity index (χ3n) is 6.21. The number of benzene rings is 2. The predicted octanol–water partition coefficient (Wildman–Crippen LogP) is 6.12. The van der Waals surface area contributed by atoms with E-state index >= 15 is 0 Å². The number of rotatable bonds is 4. The Hall–Kier alpha value is -2.55. The molecule has 0 atom stereocenters. The molecule has 0 fully saturated rings. The van der Waals surface area contributed by atoms with E-state index in [9.17, 15) is 9.90 Å². The molecule has 0 radical (unpaired) electrons. The smallest absolute Gasteiger partial charge is 0.335 e. The molecule has 0 unspecified atom stereocenters. The molecule has 0 aliphatic heterocycles. The lowest BCUT2D eigenvalue weighted by Gasteiger charge is -2.44. The molecule has 0 saturated carbocycles. The second-order valence-corrected chi connectivity index (χ2v) is 9.16. The van der Waals surface area contributed by atoms with Gasteiger partial charge in [0.25, 0.3) is 0 Å². The monoisotopic (exact) mass is 378 g/mol. The Kier molecular flexibility index (Phi) is 4.91. The highest BCUT2D eigenvalue weighted by molar-refractivity contribution is 6.14. The summed E-state index contributed by atoms with van der Waals surface area (Å²) in [6.07, 6.45) is 2.22. The third kappa shape index (κ3) is 3.23. The van der Waals surface area contributed by atoms with Crippen molar-refractivity contribution in [1.29, 1.82) is 0 Å². The van der Waals surface area contributed by atoms with Gasteiger partial charge in [-0.15, -0.1) is 0 Å². The predicted molar refractivity (Wildman–Crippen MR) is 115 cm³/mol. The van der Waals surface area contributed by atoms with Gasteiger partial charge in [-0.25, -0.2) is 4.79 Å². The van der Waals surface area contributed by atoms with Crippen LogP contribution in [0, 0.1) is 6.92 Å². The SMILES string of the molecule is C=C(C(=O)O)c1cccc(-c2c(OC)c(C)cc3c2C(C)(C)CCC3(C)C)c1. The van der Waals surface area contributed by atoms with E-state index in [2.05, 4.69) is 47.3 Å². The second kappa shape index (κ2) is 6.80. The van der Waals surface area contributed by atoms with Gasteiger partial charge in [0.05, 0.1) is 12.7 Å². The number of carbonyl (C=O) groups is 1. The minimum Gasteiger partial charge on any atom is -0.496 e. The van der Waals surface area contributed by atoms with Crippen LogP contribution in [0.3, 0.4) is 0 Å². The van der Waals surface area contributed by atoms with Gasteiger partial charge in [-0.1, -0.05) is 58.5 Å². The highest BCUT2D eigenvalue weighted by atomic mass is 16.5. The van der Waals surface area contributed by atoms with E-state index in [1.54, 1.807) is 13.2 Å². The van der Waals surface area contributed by atoms with E-state index in [1.807, 2.05) is 18.2 Å². The van der Waals surface area contributed by atoms with Crippen molar-refractivity contribution < 1.29 is 14.6 Å². The number of aliphatic carboxylic acids is 1. The van der Waals surface area contributed by atoms with Crippen LogP contribution in [0.4, 0.5) is 0 Å². The number of fused-ring (bicyclic) bond motifs is 1. The van der Waals surface area contributed by atoms with E-state index in [4.69, 9.17) is 4.74 Å². The Balaban J connectivity index is 2.39. The van der Waals surface area contributed by atoms with Crippen LogP contribution in [0.2, 0.25) is 0 Å². The fourth-order valence-corrected chi connectivity index (χ4v) is 4.45. The van der Waals surface area contributed by atoms with Gasteiger partial charge in [-0.3, -0.25) is 0 Å². The van der Waals surface area contributed by atoms with Gasteiger partial charge in [0.2, 0.25) is 0 Å². The summed E-state index contributed by atoms with van der Waals surface area (Å²) in [5, 5.41) is 9.36. The van der Waals surface area contributed by atoms with Crippen LogP contribution in [0.1, 0.15) is 62.8 Å². The summed E-state index contributed by atoms with van der Waals surface area (Å²) < 4.78 is 5.87. The molecular formula is C25H30O3. The molecule has 2 aromatic rings. The molecule has 28 heavy (non-hydrogen) atoms. The summed E-state index contributed by atoms with van der Waals surface area (Å²) in [5.41, 5.74) is 6.63. The molecule has 1 aliphatic rings. The lowest BCUT2D eigenvalue weighted by molar-refractivity contribution is -0.130. The molecular weight excluding hydrogens is 348 g/mol. The molecule has 0 bridgehead atoms. The number of carboxylic acid groups (broad SMARTS) is 1. The number of aryl methyl sites for hydroxylation is 1. The summed E-state index contributed by atoms with van der Waals surface area (Å²) in [6.45, 7) is 15.0. The molecule has 1 N–H and O–H groups in total. The Bertz CT molecular complexity index is 964. The fourth-order valence-electron chi connectivity index (χ4n) is 4.45. The first-order valence-corrected chi connectivity index (χ1v) is 9.75. The van der Waals surface area contributed by atoms with Crippen molar-refractivity contribution in [2.24, 2.45) is 0 Å². The Labute approximate surface area is 168 Å². The zero-order chi connectivity index (χ0) is 20.9. The quantitative estimate of drug-likeness (QED) is 0.652. The van der Waals surface area contributed by atoms with Gasteiger partial charge in [-0.05, 0) is 64.5 Å². The summed E-state index contributed by atoms with van der Waals surface area (Å²) >= 11 is 0. The highest BCUT2D eigenvalue weighted by Crippen LogP contribution is 2.53. The summed E-state index contributed by atoms with van der Waals surface area (Å²) in [5.74, 6) is -0.139. The molecule has 3 rings (SSSR count). The number of ether oxygens (including phenoxy) is 1. The number of hydrogen-bond acceptors (Lipinski definition) is 2. The van der Waals surface area contributed by atoms with E-state index in [0.29, 0.717) is 5.56 Å². The lowest BCUT2D eigenvalue weighted by atomic mass is 9.61. The summed E-state index contributed by atoms with van der Waals surface area (Å²) in [4.78, 5) is 11.4. The minimum absolute atomic E-state index is 0.000971. The summed E-state index contributed by atoms with van der Waals surface area (Å²) in [7, 11) is 1.71. The van der Waals surface area contributed by atoms with E-state index in [1.165, 1.54) is 11.1 Å². The Morgan fingerprint density at radius 3 is 2.36 bits per heavy atom. The average molecular weight is 379 g/mol. The number of methoxy groups -OCH3 is 1. The van der Waals surface area contributed by atoms with Gasteiger partial charge in [0.1, 0.15) is 5.75 Å². The highest BCUT2D eigenvalue weighted by Gasteiger charge is 2.40. The fraction of sp³-hybridized carbons (Fsp3) is 0.400. The topological polar surface area (TPSA) is 46.5 Å². The zero-order valence-electron chi connectivity index (χ0n) is 17.8. The van der Waals surface area contributed by atoms with Crippen molar-refractivity contribution >= 4 is 11.5 Å². The molecule has 3 nitrogen and oxygen atoms in total. The molecule has 3 heteroatoms. The van der Waals surface area contributed by atoms with Crippen LogP contribution < -0.4 is 4.74 Å². The zero-order valence-corrected chi connectivity index (χ0v) is 17.8. The van der Waals surface area contributed by atoms with Gasteiger partial charge in [0, 0.05) is 5.56 Å². The van der Waals surface area contributed by atoms with E-state index < -0.39 is 5.97 Å². The molecule has 148 valence electrons. The van der Waals surface area contributed by atoms with Crippen molar-refractivity contribution in [3.8, 4) is 16.9 Å². The first-order valence-electron chi connectivity index (χ1n) is 9.75. The van der Waals surface area contributed by atoms with Crippen molar-refractivity contribution in [2.45, 2.75) is 58.3 Å². The van der Waals surface area contributed by atoms with Crippen LogP contribution in [0.5, 0.6) is 5.75 Å². The van der Waals surface area contributed by atoms with Gasteiger partial charge < -0.3 is 9.84 Å². The molecule has 0 spiro atoms. The normalized spacial score (nSPS) is 16.9. The van der Waals surface area contributed by atoms with E-state index in [0.717, 1.165) is 35.3 Å². The van der Waals surface area contributed by atoms with Gasteiger partial charge >= 0.3 is 5.97 Å². The van der Waals surface area contributed by atoms with E-state index in [-0.39, 0.29) is 16.4 Å². The Morgan fingerprint density at radius 2 is 1.75 bits per heavy atom. The van der Waals surface area contributed by atoms with Crippen LogP contribution in [0.25, 0.3) is 16.7 Å². The standard InChI is InChI=1S/C25H30O3/c1-15-13-19-21(25(5,6)12-11-24(19,3)4)20(22(15)28-7)18-10-8-9-17(14-18)16(2)23(26)27/h8-10,13-14H,2,11-12H2,1,3-7H3,(H,26,27). The van der Waals surface area contributed by atoms with Crippen molar-refractivity contribution in [3.05, 3.63) is 59.2 Å². The van der Waals surface area contributed by atoms with Crippen LogP contribution in [-0.2, 0) is 15.6 Å². The molecule has 0 heterocycles. The van der Waals surface area contributed by atoms with Crippen LogP contribution in [0.15, 0.2) is 36.9 Å². The lowest BCUT2D eigenvalue weighted by Crippen LogP contribution is -2.34. The third-order valence-corrected chi connectivity index (χ3v) is 6.21. The van der Waals surface area contributed by atoms with Crippen LogP contribution in [-0.4, -0.2) is 18.2 Å². The van der Waals surface area contributed by atoms with Crippen molar-refractivity contribution in [1.82, 2.24) is 0 Å².